The van der Waals surface area contributed by atoms with Crippen molar-refractivity contribution in [3.05, 3.63) is 40.4 Å². The first-order chi connectivity index (χ1) is 14.8. The minimum atomic E-state index is -3.15. The zero-order chi connectivity index (χ0) is 22.5. The van der Waals surface area contributed by atoms with Gasteiger partial charge in [0.25, 0.3) is 5.91 Å². The molecule has 0 saturated heterocycles. The van der Waals surface area contributed by atoms with Gasteiger partial charge in [-0.3, -0.25) is 4.79 Å². The first kappa shape index (κ1) is 22.4. The highest BCUT2D eigenvalue weighted by molar-refractivity contribution is 6.32. The molecule has 31 heavy (non-hydrogen) atoms. The summed E-state index contributed by atoms with van der Waals surface area (Å²) in [6.45, 7) is -2.35. The minimum Gasteiger partial charge on any atom is -0.493 e. The number of nitrogens with one attached hydrogen (secondary N) is 1. The number of benzene rings is 2. The fourth-order valence-corrected chi connectivity index (χ4v) is 3.11. The molecule has 1 heterocycles. The average molecular weight is 458 g/mol. The highest BCUT2D eigenvalue weighted by atomic mass is 35.5. The summed E-state index contributed by atoms with van der Waals surface area (Å²) in [6, 6.07) is 4.96. The Bertz CT molecular complexity index is 1000. The van der Waals surface area contributed by atoms with E-state index in [-0.39, 0.29) is 33.3 Å². The Hall–Kier alpha value is -3.27. The van der Waals surface area contributed by atoms with Gasteiger partial charge in [0.2, 0.25) is 0 Å². The molecule has 3 rings (SSSR count). The quantitative estimate of drug-likeness (QED) is 0.651. The van der Waals surface area contributed by atoms with E-state index < -0.39 is 18.5 Å². The summed E-state index contributed by atoms with van der Waals surface area (Å²) in [5.74, 6) is -1.41. The van der Waals surface area contributed by atoms with Crippen LogP contribution in [0.25, 0.3) is 0 Å². The van der Waals surface area contributed by atoms with Crippen LogP contribution in [0.2, 0.25) is 5.02 Å². The number of hydrogen-bond acceptors (Lipinski definition) is 7. The lowest BCUT2D eigenvalue weighted by molar-refractivity contribution is -0.0511. The van der Waals surface area contributed by atoms with Crippen LogP contribution in [-0.4, -0.2) is 45.9 Å². The summed E-state index contributed by atoms with van der Waals surface area (Å²) in [4.78, 5) is 25.0. The maximum absolute atomic E-state index is 12.9. The van der Waals surface area contributed by atoms with Gasteiger partial charge in [-0.05, 0) is 12.1 Å². The van der Waals surface area contributed by atoms with Gasteiger partial charge in [0, 0.05) is 24.1 Å². The number of ether oxygens (including phenoxy) is 5. The van der Waals surface area contributed by atoms with Gasteiger partial charge in [0.15, 0.2) is 23.0 Å². The standard InChI is InChI=1S/C20H18ClF2NO7/c1-27-14-8-11(19(26)28-2)13(9-15(14)31-20(22)23)24-18(25)10-6-12(21)17-16(7-10)29-4-3-5-30-17/h6-9,20H,3-5H2,1-2H3,(H,24,25). The fraction of sp³-hybridized carbons (Fsp3) is 0.300. The predicted molar refractivity (Wildman–Crippen MR) is 106 cm³/mol. The van der Waals surface area contributed by atoms with Crippen molar-refractivity contribution in [2.24, 2.45) is 0 Å². The van der Waals surface area contributed by atoms with Crippen molar-refractivity contribution in [3.8, 4) is 23.0 Å². The Kier molecular flexibility index (Phi) is 7.01. The molecule has 2 aromatic rings. The maximum Gasteiger partial charge on any atom is 0.387 e. The van der Waals surface area contributed by atoms with Crippen LogP contribution in [-0.2, 0) is 4.74 Å². The molecular weight excluding hydrogens is 440 g/mol. The van der Waals surface area contributed by atoms with E-state index in [0.717, 1.165) is 19.2 Å². The van der Waals surface area contributed by atoms with Crippen LogP contribution >= 0.6 is 11.6 Å². The lowest BCUT2D eigenvalue weighted by Crippen LogP contribution is -2.16. The molecule has 0 aliphatic carbocycles. The van der Waals surface area contributed by atoms with Gasteiger partial charge >= 0.3 is 12.6 Å². The van der Waals surface area contributed by atoms with Crippen LogP contribution in [0.15, 0.2) is 24.3 Å². The van der Waals surface area contributed by atoms with Crippen LogP contribution in [0.4, 0.5) is 14.5 Å². The Morgan fingerprint density at radius 1 is 1.10 bits per heavy atom. The van der Waals surface area contributed by atoms with E-state index in [4.69, 9.17) is 30.5 Å². The third kappa shape index (κ3) is 5.08. The second-order valence-corrected chi connectivity index (χ2v) is 6.62. The Morgan fingerprint density at radius 2 is 1.84 bits per heavy atom. The van der Waals surface area contributed by atoms with Gasteiger partial charge < -0.3 is 29.0 Å². The largest absolute Gasteiger partial charge is 0.493 e. The van der Waals surface area contributed by atoms with Crippen molar-refractivity contribution >= 4 is 29.2 Å². The zero-order valence-electron chi connectivity index (χ0n) is 16.5. The lowest BCUT2D eigenvalue weighted by atomic mass is 10.1. The van der Waals surface area contributed by atoms with E-state index in [9.17, 15) is 18.4 Å². The van der Waals surface area contributed by atoms with Gasteiger partial charge in [-0.2, -0.15) is 8.78 Å². The van der Waals surface area contributed by atoms with E-state index in [2.05, 4.69) is 10.1 Å². The number of fused-ring (bicyclic) bond motifs is 1. The molecule has 166 valence electrons. The van der Waals surface area contributed by atoms with Gasteiger partial charge in [-0.15, -0.1) is 0 Å². The van der Waals surface area contributed by atoms with Crippen molar-refractivity contribution in [1.82, 2.24) is 0 Å². The number of amides is 1. The average Bonchev–Trinajstić information content (AvgIpc) is 2.99. The third-order valence-electron chi connectivity index (χ3n) is 4.24. The highest BCUT2D eigenvalue weighted by Crippen LogP contribution is 2.39. The molecular formula is C20H18ClF2NO7. The first-order valence-corrected chi connectivity index (χ1v) is 9.37. The van der Waals surface area contributed by atoms with Crippen molar-refractivity contribution < 1.29 is 42.1 Å². The van der Waals surface area contributed by atoms with E-state index in [1.807, 2.05) is 0 Å². The molecule has 1 aliphatic heterocycles. The van der Waals surface area contributed by atoms with E-state index in [1.165, 1.54) is 19.2 Å². The van der Waals surface area contributed by atoms with Crippen LogP contribution in [0.5, 0.6) is 23.0 Å². The monoisotopic (exact) mass is 457 g/mol. The number of methoxy groups -OCH3 is 2. The number of rotatable bonds is 6. The van der Waals surface area contributed by atoms with Gasteiger partial charge in [0.1, 0.15) is 0 Å². The summed E-state index contributed by atoms with van der Waals surface area (Å²) in [7, 11) is 2.35. The Morgan fingerprint density at radius 3 is 2.52 bits per heavy atom. The second-order valence-electron chi connectivity index (χ2n) is 6.21. The molecule has 0 atom stereocenters. The Labute approximate surface area is 180 Å². The highest BCUT2D eigenvalue weighted by Gasteiger charge is 2.23. The van der Waals surface area contributed by atoms with Crippen molar-refractivity contribution in [1.29, 1.82) is 0 Å². The number of esters is 1. The molecule has 0 fully saturated rings. The van der Waals surface area contributed by atoms with Crippen molar-refractivity contribution in [2.45, 2.75) is 13.0 Å². The van der Waals surface area contributed by atoms with Crippen LogP contribution in [0.1, 0.15) is 27.1 Å². The lowest BCUT2D eigenvalue weighted by Gasteiger charge is -2.16. The molecule has 1 aliphatic rings. The van der Waals surface area contributed by atoms with Gasteiger partial charge in [0.05, 0.1) is 43.7 Å². The summed E-state index contributed by atoms with van der Waals surface area (Å²) < 4.78 is 50.7. The van der Waals surface area contributed by atoms with Crippen LogP contribution < -0.4 is 24.3 Å². The summed E-state index contributed by atoms with van der Waals surface area (Å²) >= 11 is 6.21. The fourth-order valence-electron chi connectivity index (χ4n) is 2.85. The maximum atomic E-state index is 12.9. The van der Waals surface area contributed by atoms with Crippen molar-refractivity contribution in [3.63, 3.8) is 0 Å². The molecule has 0 spiro atoms. The summed E-state index contributed by atoms with van der Waals surface area (Å²) in [6.07, 6.45) is 0.647. The third-order valence-corrected chi connectivity index (χ3v) is 4.52. The smallest absolute Gasteiger partial charge is 0.387 e. The number of anilines is 1. The number of hydrogen-bond donors (Lipinski definition) is 1. The molecule has 0 aromatic heterocycles. The molecule has 0 saturated carbocycles. The van der Waals surface area contributed by atoms with Crippen molar-refractivity contribution in [2.75, 3.05) is 32.8 Å². The number of carbonyl (C=O) groups is 2. The molecule has 1 amide bonds. The molecule has 11 heteroatoms. The molecule has 1 N–H and O–H groups in total. The van der Waals surface area contributed by atoms with Gasteiger partial charge in [-0.1, -0.05) is 11.6 Å². The molecule has 8 nitrogen and oxygen atoms in total. The SMILES string of the molecule is COC(=O)c1cc(OC)c(OC(F)F)cc1NC(=O)c1cc(Cl)c2c(c1)OCCCO2. The molecule has 2 aromatic carbocycles. The molecule has 0 unspecified atom stereocenters. The Balaban J connectivity index is 1.98. The number of carbonyl (C=O) groups excluding carboxylic acids is 2. The minimum absolute atomic E-state index is 0.0946. The number of alkyl halides is 2. The van der Waals surface area contributed by atoms with E-state index in [1.54, 1.807) is 0 Å². The van der Waals surface area contributed by atoms with Crippen LogP contribution in [0.3, 0.4) is 0 Å². The second kappa shape index (κ2) is 9.69. The summed E-state index contributed by atoms with van der Waals surface area (Å²) in [5.41, 5.74) is -0.163. The topological polar surface area (TPSA) is 92.3 Å². The molecule has 0 bridgehead atoms. The number of halogens is 3. The zero-order valence-corrected chi connectivity index (χ0v) is 17.3. The van der Waals surface area contributed by atoms with E-state index >= 15 is 0 Å². The van der Waals surface area contributed by atoms with Crippen LogP contribution in [0, 0.1) is 0 Å². The normalized spacial score (nSPS) is 12.7. The summed E-state index contributed by atoms with van der Waals surface area (Å²) in [5, 5.41) is 2.64. The van der Waals surface area contributed by atoms with E-state index in [0.29, 0.717) is 31.1 Å². The first-order valence-electron chi connectivity index (χ1n) is 8.99. The molecule has 0 radical (unpaired) electrons. The van der Waals surface area contributed by atoms with Gasteiger partial charge in [-0.25, -0.2) is 4.79 Å². The predicted octanol–water partition coefficient (Wildman–Crippen LogP) is 4.15.